The third-order valence-corrected chi connectivity index (χ3v) is 4.09. The average molecular weight is 318 g/mol. The summed E-state index contributed by atoms with van der Waals surface area (Å²) in [4.78, 5) is 11.3. The zero-order valence-corrected chi connectivity index (χ0v) is 12.3. The highest BCUT2D eigenvalue weighted by molar-refractivity contribution is 7.99. The molecule has 1 rings (SSSR count). The van der Waals surface area contributed by atoms with Gasteiger partial charge in [-0.3, -0.25) is 4.79 Å². The smallest absolute Gasteiger partial charge is 0.251 e. The Balaban J connectivity index is 2.73. The van der Waals surface area contributed by atoms with Gasteiger partial charge in [-0.25, -0.2) is 17.9 Å². The third-order valence-electron chi connectivity index (χ3n) is 2.23. The number of hydrogen-bond donors (Lipinski definition) is 2. The number of carbonyl (C=O) groups is 1. The van der Waals surface area contributed by atoms with Crippen molar-refractivity contribution in [1.29, 1.82) is 0 Å². The van der Waals surface area contributed by atoms with Crippen LogP contribution in [-0.4, -0.2) is 32.4 Å². The molecule has 0 saturated carbocycles. The van der Waals surface area contributed by atoms with Crippen LogP contribution < -0.4 is 10.5 Å². The number of hydrogen-bond acceptors (Lipinski definition) is 4. The van der Waals surface area contributed by atoms with Gasteiger partial charge < -0.3 is 5.32 Å². The van der Waals surface area contributed by atoms with Crippen LogP contribution >= 0.6 is 11.8 Å². The third kappa shape index (κ3) is 5.32. The number of thioether (sulfide) groups is 1. The molecule has 8 heteroatoms. The van der Waals surface area contributed by atoms with Gasteiger partial charge in [0.2, 0.25) is 10.0 Å². The van der Waals surface area contributed by atoms with Crippen molar-refractivity contribution in [2.24, 2.45) is 5.14 Å². The van der Waals surface area contributed by atoms with Crippen LogP contribution in [0.4, 0.5) is 4.39 Å². The SMILES string of the molecule is C=CCSCCNC(=O)c1cc(F)cc(S(N)(=O)=O)c1. The summed E-state index contributed by atoms with van der Waals surface area (Å²) in [6, 6.07) is 2.78. The maximum absolute atomic E-state index is 13.3. The van der Waals surface area contributed by atoms with Gasteiger partial charge in [0.15, 0.2) is 0 Å². The van der Waals surface area contributed by atoms with Crippen molar-refractivity contribution in [3.63, 3.8) is 0 Å². The van der Waals surface area contributed by atoms with Crippen LogP contribution in [0.25, 0.3) is 0 Å². The van der Waals surface area contributed by atoms with Crippen molar-refractivity contribution in [3.8, 4) is 0 Å². The second-order valence-corrected chi connectivity index (χ2v) is 6.55. The molecule has 3 N–H and O–H groups in total. The molecule has 1 aromatic rings. The number of rotatable bonds is 7. The minimum atomic E-state index is -4.05. The Morgan fingerprint density at radius 3 is 2.75 bits per heavy atom. The molecule has 20 heavy (non-hydrogen) atoms. The Bertz CT molecular complexity index is 603. The minimum absolute atomic E-state index is 0.0808. The molecule has 0 heterocycles. The summed E-state index contributed by atoms with van der Waals surface area (Å²) in [6.45, 7) is 3.95. The van der Waals surface area contributed by atoms with Gasteiger partial charge in [-0.2, -0.15) is 11.8 Å². The van der Waals surface area contributed by atoms with Crippen molar-refractivity contribution in [2.45, 2.75) is 4.90 Å². The van der Waals surface area contributed by atoms with Crippen molar-refractivity contribution < 1.29 is 17.6 Å². The number of amides is 1. The first-order valence-electron chi connectivity index (χ1n) is 5.65. The Labute approximate surface area is 121 Å². The van der Waals surface area contributed by atoms with Crippen molar-refractivity contribution in [1.82, 2.24) is 5.32 Å². The number of nitrogens with two attached hydrogens (primary N) is 1. The van der Waals surface area contributed by atoms with Crippen LogP contribution in [0, 0.1) is 5.82 Å². The highest BCUT2D eigenvalue weighted by Gasteiger charge is 2.14. The largest absolute Gasteiger partial charge is 0.351 e. The summed E-state index contributed by atoms with van der Waals surface area (Å²) in [5.41, 5.74) is -0.0808. The first-order valence-corrected chi connectivity index (χ1v) is 8.35. The monoisotopic (exact) mass is 318 g/mol. The second-order valence-electron chi connectivity index (χ2n) is 3.84. The molecule has 0 aromatic heterocycles. The number of sulfonamides is 1. The predicted octanol–water partition coefficient (Wildman–Crippen LogP) is 1.12. The van der Waals surface area contributed by atoms with Crippen molar-refractivity contribution in [2.75, 3.05) is 18.1 Å². The van der Waals surface area contributed by atoms with Crippen molar-refractivity contribution >= 4 is 27.7 Å². The topological polar surface area (TPSA) is 89.3 Å². The number of halogens is 1. The molecule has 0 atom stereocenters. The quantitative estimate of drug-likeness (QED) is 0.582. The number of carbonyl (C=O) groups excluding carboxylic acids is 1. The average Bonchev–Trinajstić information content (AvgIpc) is 2.36. The van der Waals surface area contributed by atoms with E-state index in [1.807, 2.05) is 0 Å². The lowest BCUT2D eigenvalue weighted by molar-refractivity contribution is 0.0955. The highest BCUT2D eigenvalue weighted by Crippen LogP contribution is 2.13. The summed E-state index contributed by atoms with van der Waals surface area (Å²) in [5, 5.41) is 7.48. The highest BCUT2D eigenvalue weighted by atomic mass is 32.2. The summed E-state index contributed by atoms with van der Waals surface area (Å²) in [5.74, 6) is 0.0665. The molecule has 0 spiro atoms. The van der Waals surface area contributed by atoms with Gasteiger partial charge in [-0.1, -0.05) is 6.08 Å². The van der Waals surface area contributed by atoms with Crippen LogP contribution in [0.15, 0.2) is 35.7 Å². The molecular formula is C12H15FN2O3S2. The van der Waals surface area contributed by atoms with E-state index in [1.165, 1.54) is 0 Å². The summed E-state index contributed by atoms with van der Waals surface area (Å²) >= 11 is 1.58. The summed E-state index contributed by atoms with van der Waals surface area (Å²) < 4.78 is 35.6. The first kappa shape index (κ1) is 16.7. The van der Waals surface area contributed by atoms with E-state index >= 15 is 0 Å². The molecular weight excluding hydrogens is 303 g/mol. The fourth-order valence-corrected chi connectivity index (χ4v) is 2.51. The molecule has 0 aliphatic rings. The lowest BCUT2D eigenvalue weighted by Crippen LogP contribution is -2.26. The molecule has 5 nitrogen and oxygen atoms in total. The summed E-state index contributed by atoms with van der Waals surface area (Å²) in [6.07, 6.45) is 1.75. The van der Waals surface area contributed by atoms with Crippen LogP contribution in [0.3, 0.4) is 0 Å². The number of benzene rings is 1. The van der Waals surface area contributed by atoms with E-state index in [2.05, 4.69) is 11.9 Å². The fourth-order valence-electron chi connectivity index (χ4n) is 1.36. The molecule has 1 aromatic carbocycles. The van der Waals surface area contributed by atoms with Crippen LogP contribution in [0.1, 0.15) is 10.4 Å². The molecule has 0 aliphatic carbocycles. The fraction of sp³-hybridized carbons (Fsp3) is 0.250. The van der Waals surface area contributed by atoms with Crippen LogP contribution in [0.5, 0.6) is 0 Å². The molecule has 0 fully saturated rings. The standard InChI is InChI=1S/C12H15FN2O3S2/c1-2-4-19-5-3-15-12(16)9-6-10(13)8-11(7-9)20(14,17)18/h2,6-8H,1,3-5H2,(H,15,16)(H2,14,17,18). The molecule has 0 bridgehead atoms. The minimum Gasteiger partial charge on any atom is -0.351 e. The van der Waals surface area contributed by atoms with E-state index in [9.17, 15) is 17.6 Å². The molecule has 0 aliphatic heterocycles. The summed E-state index contributed by atoms with van der Waals surface area (Å²) in [7, 11) is -4.05. The molecule has 1 amide bonds. The van der Waals surface area contributed by atoms with Gasteiger partial charge in [-0.05, 0) is 18.2 Å². The zero-order chi connectivity index (χ0) is 15.2. The van der Waals surface area contributed by atoms with Gasteiger partial charge in [0.05, 0.1) is 4.90 Å². The normalized spacial score (nSPS) is 11.1. The Hall–Kier alpha value is -1.38. The Morgan fingerprint density at radius 2 is 2.15 bits per heavy atom. The maximum Gasteiger partial charge on any atom is 0.251 e. The van der Waals surface area contributed by atoms with E-state index in [4.69, 9.17) is 5.14 Å². The lowest BCUT2D eigenvalue weighted by Gasteiger charge is -2.06. The van der Waals surface area contributed by atoms with Crippen molar-refractivity contribution in [3.05, 3.63) is 42.2 Å². The van der Waals surface area contributed by atoms with Gasteiger partial charge >= 0.3 is 0 Å². The predicted molar refractivity (Wildman–Crippen MR) is 77.6 cm³/mol. The van der Waals surface area contributed by atoms with Gasteiger partial charge in [0, 0.05) is 23.6 Å². The second kappa shape index (κ2) is 7.41. The molecule has 0 unspecified atom stereocenters. The van der Waals surface area contributed by atoms with Crippen LogP contribution in [0.2, 0.25) is 0 Å². The molecule has 0 saturated heterocycles. The molecule has 0 radical (unpaired) electrons. The van der Waals surface area contributed by atoms with E-state index < -0.39 is 26.6 Å². The first-order chi connectivity index (χ1) is 9.34. The van der Waals surface area contributed by atoms with E-state index in [0.29, 0.717) is 12.3 Å². The van der Waals surface area contributed by atoms with E-state index in [1.54, 1.807) is 17.8 Å². The molecule has 110 valence electrons. The number of primary sulfonamides is 1. The lowest BCUT2D eigenvalue weighted by atomic mass is 10.2. The van der Waals surface area contributed by atoms with Gasteiger partial charge in [0.1, 0.15) is 5.82 Å². The van der Waals surface area contributed by atoms with Crippen LogP contribution in [-0.2, 0) is 10.0 Å². The van der Waals surface area contributed by atoms with E-state index in [-0.39, 0.29) is 5.56 Å². The Morgan fingerprint density at radius 1 is 1.45 bits per heavy atom. The Kier molecular flexibility index (Phi) is 6.18. The maximum atomic E-state index is 13.3. The number of nitrogens with one attached hydrogen (secondary N) is 1. The van der Waals surface area contributed by atoms with Gasteiger partial charge in [-0.15, -0.1) is 6.58 Å². The zero-order valence-electron chi connectivity index (χ0n) is 10.6. The van der Waals surface area contributed by atoms with Gasteiger partial charge in [0.25, 0.3) is 5.91 Å². The van der Waals surface area contributed by atoms with E-state index in [0.717, 1.165) is 24.0 Å².